The number of fused-ring (bicyclic) bond motifs is 1. The zero-order valence-corrected chi connectivity index (χ0v) is 15.6. The molecule has 1 aromatic carbocycles. The quantitative estimate of drug-likeness (QED) is 0.705. The van der Waals surface area contributed by atoms with Gasteiger partial charge >= 0.3 is 11.8 Å². The summed E-state index contributed by atoms with van der Waals surface area (Å²) in [6, 6.07) is 5.89. The lowest BCUT2D eigenvalue weighted by atomic mass is 10.1. The smallest absolute Gasteiger partial charge is 0.313 e. The van der Waals surface area contributed by atoms with E-state index in [0.29, 0.717) is 6.54 Å². The molecule has 0 saturated carbocycles. The van der Waals surface area contributed by atoms with E-state index in [1.165, 1.54) is 5.56 Å². The van der Waals surface area contributed by atoms with E-state index >= 15 is 0 Å². The van der Waals surface area contributed by atoms with E-state index < -0.39 is 11.8 Å². The van der Waals surface area contributed by atoms with Crippen molar-refractivity contribution in [1.82, 2.24) is 15.1 Å². The number of benzene rings is 1. The van der Waals surface area contributed by atoms with Crippen LogP contribution in [-0.4, -0.2) is 54.3 Å². The van der Waals surface area contributed by atoms with Crippen molar-refractivity contribution < 1.29 is 9.59 Å². The molecule has 0 aliphatic carbocycles. The maximum Gasteiger partial charge on any atom is 0.313 e. The van der Waals surface area contributed by atoms with Crippen LogP contribution in [0, 0.1) is 0 Å². The number of nitrogens with one attached hydrogen (secondary N) is 2. The Morgan fingerprint density at radius 2 is 1.88 bits per heavy atom. The summed E-state index contributed by atoms with van der Waals surface area (Å²) in [5.41, 5.74) is 3.11. The minimum atomic E-state index is -0.595. The van der Waals surface area contributed by atoms with Crippen LogP contribution in [0.3, 0.4) is 0 Å². The Kier molecular flexibility index (Phi) is 7.40. The van der Waals surface area contributed by atoms with Gasteiger partial charge in [0.25, 0.3) is 0 Å². The number of likely N-dealkylation sites (N-methyl/N-ethyl adjacent to an activating group) is 1. The first-order chi connectivity index (χ1) is 12.1. The number of amides is 2. The maximum atomic E-state index is 12.2. The SMILES string of the molecule is CCCN1Cc2cccc(NC(=O)C(=O)NCCN(CC)CC)c2C1. The second kappa shape index (κ2) is 9.53. The van der Waals surface area contributed by atoms with E-state index in [4.69, 9.17) is 0 Å². The number of rotatable bonds is 8. The van der Waals surface area contributed by atoms with Crippen molar-refractivity contribution in [1.29, 1.82) is 0 Å². The molecule has 1 aliphatic heterocycles. The molecule has 25 heavy (non-hydrogen) atoms. The normalized spacial score (nSPS) is 13.8. The second-order valence-electron chi connectivity index (χ2n) is 6.39. The molecule has 1 aliphatic rings. The van der Waals surface area contributed by atoms with Crippen molar-refractivity contribution in [2.75, 3.05) is 38.0 Å². The van der Waals surface area contributed by atoms with Crippen molar-refractivity contribution >= 4 is 17.5 Å². The number of nitrogens with zero attached hydrogens (tertiary/aromatic N) is 2. The van der Waals surface area contributed by atoms with Gasteiger partial charge in [0.2, 0.25) is 0 Å². The molecule has 2 amide bonds. The Bertz CT molecular complexity index is 599. The first kappa shape index (κ1) is 19.4. The van der Waals surface area contributed by atoms with Crippen LogP contribution in [0.5, 0.6) is 0 Å². The average Bonchev–Trinajstić information content (AvgIpc) is 3.02. The zero-order chi connectivity index (χ0) is 18.2. The van der Waals surface area contributed by atoms with Crippen LogP contribution in [0.25, 0.3) is 0 Å². The predicted molar refractivity (Wildman–Crippen MR) is 100 cm³/mol. The van der Waals surface area contributed by atoms with E-state index in [9.17, 15) is 9.59 Å². The first-order valence-corrected chi connectivity index (χ1v) is 9.23. The molecular weight excluding hydrogens is 316 g/mol. The summed E-state index contributed by atoms with van der Waals surface area (Å²) in [5, 5.41) is 5.48. The standard InChI is InChI=1S/C19H30N4O2/c1-4-11-23-13-15-8-7-9-17(16(15)14-23)21-19(25)18(24)20-10-12-22(5-2)6-3/h7-9H,4-6,10-14H2,1-3H3,(H,20,24)(H,21,25). The van der Waals surface area contributed by atoms with Gasteiger partial charge in [-0.05, 0) is 43.2 Å². The predicted octanol–water partition coefficient (Wildman–Crippen LogP) is 1.81. The number of carbonyl (C=O) groups excluding carboxylic acids is 2. The Morgan fingerprint density at radius 3 is 2.56 bits per heavy atom. The van der Waals surface area contributed by atoms with Crippen LogP contribution in [0.15, 0.2) is 18.2 Å². The van der Waals surface area contributed by atoms with Gasteiger partial charge in [0, 0.05) is 31.9 Å². The highest BCUT2D eigenvalue weighted by Crippen LogP contribution is 2.29. The minimum Gasteiger partial charge on any atom is -0.347 e. The van der Waals surface area contributed by atoms with Crippen molar-refractivity contribution in [2.24, 2.45) is 0 Å². The van der Waals surface area contributed by atoms with Gasteiger partial charge in [0.05, 0.1) is 0 Å². The number of hydrogen-bond donors (Lipinski definition) is 2. The molecule has 2 N–H and O–H groups in total. The minimum absolute atomic E-state index is 0.477. The molecule has 2 rings (SSSR count). The molecule has 0 aromatic heterocycles. The fourth-order valence-corrected chi connectivity index (χ4v) is 3.21. The van der Waals surface area contributed by atoms with Gasteiger partial charge in [-0.1, -0.05) is 32.9 Å². The summed E-state index contributed by atoms with van der Waals surface area (Å²) in [4.78, 5) is 28.8. The molecule has 0 fully saturated rings. The highest BCUT2D eigenvalue weighted by atomic mass is 16.2. The molecule has 1 heterocycles. The van der Waals surface area contributed by atoms with E-state index in [1.807, 2.05) is 12.1 Å². The van der Waals surface area contributed by atoms with E-state index in [0.717, 1.165) is 56.9 Å². The second-order valence-corrected chi connectivity index (χ2v) is 6.39. The van der Waals surface area contributed by atoms with Crippen LogP contribution in [0.4, 0.5) is 5.69 Å². The largest absolute Gasteiger partial charge is 0.347 e. The topological polar surface area (TPSA) is 64.7 Å². The Morgan fingerprint density at radius 1 is 1.12 bits per heavy atom. The number of hydrogen-bond acceptors (Lipinski definition) is 4. The van der Waals surface area contributed by atoms with Crippen LogP contribution >= 0.6 is 0 Å². The molecule has 6 heteroatoms. The van der Waals surface area contributed by atoms with Gasteiger partial charge in [-0.3, -0.25) is 14.5 Å². The van der Waals surface area contributed by atoms with Gasteiger partial charge < -0.3 is 15.5 Å². The lowest BCUT2D eigenvalue weighted by Gasteiger charge is -2.18. The monoisotopic (exact) mass is 346 g/mol. The first-order valence-electron chi connectivity index (χ1n) is 9.23. The van der Waals surface area contributed by atoms with Crippen LogP contribution < -0.4 is 10.6 Å². The van der Waals surface area contributed by atoms with Gasteiger partial charge in [0.1, 0.15) is 0 Å². The van der Waals surface area contributed by atoms with Crippen LogP contribution in [0.2, 0.25) is 0 Å². The lowest BCUT2D eigenvalue weighted by molar-refractivity contribution is -0.136. The van der Waals surface area contributed by atoms with E-state index in [2.05, 4.69) is 47.3 Å². The summed E-state index contributed by atoms with van der Waals surface area (Å²) in [6.45, 7) is 12.2. The van der Waals surface area contributed by atoms with Crippen molar-refractivity contribution in [2.45, 2.75) is 40.3 Å². The lowest BCUT2D eigenvalue weighted by Crippen LogP contribution is -2.40. The molecule has 0 radical (unpaired) electrons. The molecule has 0 bridgehead atoms. The van der Waals surface area contributed by atoms with Crippen molar-refractivity contribution in [3.05, 3.63) is 29.3 Å². The van der Waals surface area contributed by atoms with Crippen molar-refractivity contribution in [3.8, 4) is 0 Å². The van der Waals surface area contributed by atoms with Gasteiger partial charge in [0.15, 0.2) is 0 Å². The highest BCUT2D eigenvalue weighted by Gasteiger charge is 2.23. The summed E-state index contributed by atoms with van der Waals surface area (Å²) >= 11 is 0. The Labute approximate surface area is 150 Å². The molecular formula is C19H30N4O2. The van der Waals surface area contributed by atoms with Gasteiger partial charge in [-0.15, -0.1) is 0 Å². The molecule has 1 aromatic rings. The number of carbonyl (C=O) groups is 2. The van der Waals surface area contributed by atoms with Gasteiger partial charge in [-0.25, -0.2) is 0 Å². The Balaban J connectivity index is 1.89. The van der Waals surface area contributed by atoms with E-state index in [-0.39, 0.29) is 0 Å². The zero-order valence-electron chi connectivity index (χ0n) is 15.6. The third-order valence-electron chi connectivity index (χ3n) is 4.65. The van der Waals surface area contributed by atoms with Gasteiger partial charge in [-0.2, -0.15) is 0 Å². The molecule has 138 valence electrons. The molecule has 0 spiro atoms. The summed E-state index contributed by atoms with van der Waals surface area (Å²) in [5.74, 6) is -1.17. The summed E-state index contributed by atoms with van der Waals surface area (Å²) in [6.07, 6.45) is 1.10. The molecule has 6 nitrogen and oxygen atoms in total. The third kappa shape index (κ3) is 5.28. The average molecular weight is 346 g/mol. The molecule has 0 atom stereocenters. The fraction of sp³-hybridized carbons (Fsp3) is 0.579. The summed E-state index contributed by atoms with van der Waals surface area (Å²) in [7, 11) is 0. The number of anilines is 1. The fourth-order valence-electron chi connectivity index (χ4n) is 3.21. The van der Waals surface area contributed by atoms with Crippen LogP contribution in [-0.2, 0) is 22.7 Å². The third-order valence-corrected chi connectivity index (χ3v) is 4.65. The van der Waals surface area contributed by atoms with Crippen molar-refractivity contribution in [3.63, 3.8) is 0 Å². The maximum absolute atomic E-state index is 12.2. The van der Waals surface area contributed by atoms with Crippen LogP contribution in [0.1, 0.15) is 38.3 Å². The highest BCUT2D eigenvalue weighted by molar-refractivity contribution is 6.39. The summed E-state index contributed by atoms with van der Waals surface area (Å²) < 4.78 is 0. The molecule has 0 unspecified atom stereocenters. The molecule has 0 saturated heterocycles. The van der Waals surface area contributed by atoms with E-state index in [1.54, 1.807) is 0 Å². The Hall–Kier alpha value is -1.92.